The highest BCUT2D eigenvalue weighted by Crippen LogP contribution is 2.35. The molecule has 132 valence electrons. The molecule has 0 unspecified atom stereocenters. The minimum atomic E-state index is -0.452. The van der Waals surface area contributed by atoms with Crippen LogP contribution in [-0.2, 0) is 0 Å². The summed E-state index contributed by atoms with van der Waals surface area (Å²) >= 11 is 0. The van der Waals surface area contributed by atoms with Gasteiger partial charge in [0.1, 0.15) is 0 Å². The molecule has 2 aromatic carbocycles. The average Bonchev–Trinajstić information content (AvgIpc) is 2.63. The Bertz CT molecular complexity index is 804. The predicted octanol–water partition coefficient (Wildman–Crippen LogP) is 1.89. The highest BCUT2D eigenvalue weighted by atomic mass is 16.5. The molecule has 0 radical (unpaired) electrons. The number of amides is 1. The quantitative estimate of drug-likeness (QED) is 0.419. The van der Waals surface area contributed by atoms with Crippen LogP contribution in [0.1, 0.15) is 15.9 Å². The summed E-state index contributed by atoms with van der Waals surface area (Å²) in [7, 11) is 4.33. The number of carbonyl (C=O) groups is 1. The van der Waals surface area contributed by atoms with Gasteiger partial charge in [-0.15, -0.1) is 0 Å². The Morgan fingerprint density at radius 3 is 2.32 bits per heavy atom. The number of rotatable bonds is 6. The Kier molecular flexibility index (Phi) is 5.67. The van der Waals surface area contributed by atoms with Gasteiger partial charge in [0.05, 0.1) is 27.5 Å². The van der Waals surface area contributed by atoms with Crippen molar-refractivity contribution in [2.24, 2.45) is 5.10 Å². The number of nitrogens with one attached hydrogen (secondary N) is 1. The van der Waals surface area contributed by atoms with Gasteiger partial charge in [0.2, 0.25) is 5.75 Å². The molecule has 0 bridgehead atoms. The van der Waals surface area contributed by atoms with E-state index in [2.05, 4.69) is 10.5 Å². The number of phenolic OH excluding ortho intramolecular Hbond substituents is 2. The molecule has 0 aromatic heterocycles. The van der Waals surface area contributed by atoms with E-state index in [1.807, 2.05) is 0 Å². The molecule has 0 heterocycles. The number of carbonyl (C=O) groups excluding carboxylic acids is 1. The second-order valence-corrected chi connectivity index (χ2v) is 4.86. The van der Waals surface area contributed by atoms with E-state index in [-0.39, 0.29) is 17.2 Å². The summed E-state index contributed by atoms with van der Waals surface area (Å²) in [6, 6.07) is 7.45. The highest BCUT2D eigenvalue weighted by molar-refractivity contribution is 5.95. The monoisotopic (exact) mass is 346 g/mol. The molecule has 1 amide bonds. The van der Waals surface area contributed by atoms with E-state index in [1.54, 1.807) is 12.1 Å². The molecule has 0 fully saturated rings. The molecular formula is C17H18N2O6. The molecule has 0 aliphatic carbocycles. The van der Waals surface area contributed by atoms with Crippen molar-refractivity contribution < 1.29 is 29.2 Å². The second kappa shape index (κ2) is 7.91. The third kappa shape index (κ3) is 4.11. The number of phenols is 2. The number of nitrogens with zero attached hydrogens (tertiary/aromatic N) is 1. The van der Waals surface area contributed by atoms with E-state index in [0.717, 1.165) is 0 Å². The number of hydrogen-bond donors (Lipinski definition) is 3. The summed E-state index contributed by atoms with van der Waals surface area (Å²) < 4.78 is 15.2. The van der Waals surface area contributed by atoms with Gasteiger partial charge in [0.25, 0.3) is 5.91 Å². The van der Waals surface area contributed by atoms with Crippen molar-refractivity contribution in [2.75, 3.05) is 21.3 Å². The van der Waals surface area contributed by atoms with E-state index < -0.39 is 5.91 Å². The highest BCUT2D eigenvalue weighted by Gasteiger charge is 2.11. The van der Waals surface area contributed by atoms with E-state index in [1.165, 1.54) is 45.7 Å². The van der Waals surface area contributed by atoms with Gasteiger partial charge in [-0.3, -0.25) is 4.79 Å². The molecule has 0 saturated heterocycles. The largest absolute Gasteiger partial charge is 0.504 e. The van der Waals surface area contributed by atoms with Gasteiger partial charge in [0.15, 0.2) is 23.0 Å². The lowest BCUT2D eigenvalue weighted by molar-refractivity contribution is 0.0954. The number of hydrogen-bond acceptors (Lipinski definition) is 7. The van der Waals surface area contributed by atoms with Crippen molar-refractivity contribution in [3.63, 3.8) is 0 Å². The normalized spacial score (nSPS) is 10.5. The number of benzene rings is 2. The topological polar surface area (TPSA) is 110 Å². The van der Waals surface area contributed by atoms with Gasteiger partial charge in [-0.1, -0.05) is 0 Å². The lowest BCUT2D eigenvalue weighted by Crippen LogP contribution is -2.17. The second-order valence-electron chi connectivity index (χ2n) is 4.86. The lowest BCUT2D eigenvalue weighted by atomic mass is 10.2. The molecule has 0 spiro atoms. The molecular weight excluding hydrogens is 328 g/mol. The molecule has 3 N–H and O–H groups in total. The Labute approximate surface area is 144 Å². The maximum Gasteiger partial charge on any atom is 0.271 e. The van der Waals surface area contributed by atoms with E-state index in [0.29, 0.717) is 22.6 Å². The molecule has 0 saturated carbocycles. The van der Waals surface area contributed by atoms with Gasteiger partial charge in [-0.05, 0) is 30.3 Å². The first-order valence-corrected chi connectivity index (χ1v) is 7.15. The van der Waals surface area contributed by atoms with Crippen LogP contribution in [-0.4, -0.2) is 43.7 Å². The smallest absolute Gasteiger partial charge is 0.271 e. The van der Waals surface area contributed by atoms with E-state index in [9.17, 15) is 15.0 Å². The van der Waals surface area contributed by atoms with Crippen LogP contribution in [0.5, 0.6) is 28.7 Å². The van der Waals surface area contributed by atoms with Crippen LogP contribution in [0.2, 0.25) is 0 Å². The summed E-state index contributed by atoms with van der Waals surface area (Å²) in [6.07, 6.45) is 1.31. The average molecular weight is 346 g/mol. The van der Waals surface area contributed by atoms with Crippen LogP contribution >= 0.6 is 0 Å². The van der Waals surface area contributed by atoms with Crippen molar-refractivity contribution >= 4 is 12.1 Å². The zero-order valence-corrected chi connectivity index (χ0v) is 13.9. The zero-order valence-electron chi connectivity index (χ0n) is 13.9. The van der Waals surface area contributed by atoms with Gasteiger partial charge < -0.3 is 24.4 Å². The molecule has 2 aromatic rings. The molecule has 8 nitrogen and oxygen atoms in total. The van der Waals surface area contributed by atoms with E-state index >= 15 is 0 Å². The van der Waals surface area contributed by atoms with Crippen LogP contribution in [0.4, 0.5) is 0 Å². The van der Waals surface area contributed by atoms with Crippen molar-refractivity contribution in [3.8, 4) is 28.7 Å². The maximum atomic E-state index is 12.1. The SMILES string of the molecule is COc1ccc(C(=O)N/N=C/c2cc(O)c(O)c(OC)c2)cc1OC. The molecule has 0 aliphatic rings. The molecule has 2 rings (SSSR count). The molecule has 0 atom stereocenters. The maximum absolute atomic E-state index is 12.1. The van der Waals surface area contributed by atoms with Crippen LogP contribution < -0.4 is 19.6 Å². The summed E-state index contributed by atoms with van der Waals surface area (Å²) in [4.78, 5) is 12.1. The molecule has 8 heteroatoms. The first-order chi connectivity index (χ1) is 12.0. The van der Waals surface area contributed by atoms with Gasteiger partial charge >= 0.3 is 0 Å². The zero-order chi connectivity index (χ0) is 18.4. The van der Waals surface area contributed by atoms with E-state index in [4.69, 9.17) is 14.2 Å². The van der Waals surface area contributed by atoms with Gasteiger partial charge in [-0.2, -0.15) is 5.10 Å². The number of aromatic hydroxyl groups is 2. The fraction of sp³-hybridized carbons (Fsp3) is 0.176. The van der Waals surface area contributed by atoms with Gasteiger partial charge in [-0.25, -0.2) is 5.43 Å². The summed E-state index contributed by atoms with van der Waals surface area (Å²) in [6.45, 7) is 0. The Morgan fingerprint density at radius 1 is 1.00 bits per heavy atom. The molecule has 25 heavy (non-hydrogen) atoms. The van der Waals surface area contributed by atoms with Crippen molar-refractivity contribution in [1.29, 1.82) is 0 Å². The van der Waals surface area contributed by atoms with Crippen LogP contribution in [0.15, 0.2) is 35.4 Å². The number of methoxy groups -OCH3 is 3. The van der Waals surface area contributed by atoms with Crippen molar-refractivity contribution in [2.45, 2.75) is 0 Å². The van der Waals surface area contributed by atoms with Gasteiger partial charge in [0, 0.05) is 11.1 Å². The minimum Gasteiger partial charge on any atom is -0.504 e. The minimum absolute atomic E-state index is 0.0904. The standard InChI is InChI=1S/C17H18N2O6/c1-23-13-5-4-11(8-14(13)24-2)17(22)19-18-9-10-6-12(20)16(21)15(7-10)25-3/h4-9,20-21H,1-3H3,(H,19,22)/b18-9+. The van der Waals surface area contributed by atoms with Crippen LogP contribution in [0.25, 0.3) is 0 Å². The summed E-state index contributed by atoms with van der Waals surface area (Å²) in [5, 5.41) is 23.0. The predicted molar refractivity (Wildman–Crippen MR) is 90.9 cm³/mol. The summed E-state index contributed by atoms with van der Waals surface area (Å²) in [5.41, 5.74) is 3.12. The molecule has 0 aliphatic heterocycles. The third-order valence-corrected chi connectivity index (χ3v) is 3.32. The third-order valence-electron chi connectivity index (χ3n) is 3.32. The fourth-order valence-electron chi connectivity index (χ4n) is 2.05. The fourth-order valence-corrected chi connectivity index (χ4v) is 2.05. The van der Waals surface area contributed by atoms with Crippen molar-refractivity contribution in [3.05, 3.63) is 41.5 Å². The first kappa shape index (κ1) is 17.9. The summed E-state index contributed by atoms with van der Waals surface area (Å²) in [5.74, 6) is -0.151. The van der Waals surface area contributed by atoms with Crippen LogP contribution in [0, 0.1) is 0 Å². The first-order valence-electron chi connectivity index (χ1n) is 7.15. The Hall–Kier alpha value is -3.42. The lowest BCUT2D eigenvalue weighted by Gasteiger charge is -2.08. The van der Waals surface area contributed by atoms with Crippen LogP contribution in [0.3, 0.4) is 0 Å². The van der Waals surface area contributed by atoms with Crippen molar-refractivity contribution in [1.82, 2.24) is 5.43 Å². The number of hydrazone groups is 1. The Balaban J connectivity index is 2.12. The number of ether oxygens (including phenoxy) is 3. The Morgan fingerprint density at radius 2 is 1.68 bits per heavy atom.